The van der Waals surface area contributed by atoms with E-state index in [1.165, 1.54) is 26.7 Å². The number of ether oxygens (including phenoxy) is 1. The molecule has 0 saturated heterocycles. The van der Waals surface area contributed by atoms with E-state index >= 15 is 0 Å². The molecule has 140 valence electrons. The summed E-state index contributed by atoms with van der Waals surface area (Å²) in [4.78, 5) is 38.2. The summed E-state index contributed by atoms with van der Waals surface area (Å²) in [7, 11) is 1.67. The second kappa shape index (κ2) is 6.39. The van der Waals surface area contributed by atoms with E-state index in [0.717, 1.165) is 18.4 Å². The Kier molecular flexibility index (Phi) is 4.51. The van der Waals surface area contributed by atoms with Crippen molar-refractivity contribution >= 4 is 33.9 Å². The Bertz CT molecular complexity index is 1020. The highest BCUT2D eigenvalue weighted by atomic mass is 32.1. The largest absolute Gasteiger partial charge is 0.443 e. The van der Waals surface area contributed by atoms with Crippen LogP contribution in [0, 0.1) is 6.92 Å². The Morgan fingerprint density at radius 1 is 1.35 bits per heavy atom. The molecule has 1 saturated carbocycles. The quantitative estimate of drug-likeness (QED) is 0.655. The number of fused-ring (bicyclic) bond motifs is 1. The highest BCUT2D eigenvalue weighted by molar-refractivity contribution is 7.20. The Hall–Kier alpha value is -2.42. The van der Waals surface area contributed by atoms with E-state index in [1.54, 1.807) is 27.8 Å². The van der Waals surface area contributed by atoms with Gasteiger partial charge in [-0.3, -0.25) is 13.9 Å². The Morgan fingerprint density at radius 2 is 2.00 bits per heavy atom. The first-order valence-corrected chi connectivity index (χ1v) is 9.18. The monoisotopic (exact) mass is 378 g/mol. The minimum atomic E-state index is -0.656. The van der Waals surface area contributed by atoms with E-state index < -0.39 is 11.7 Å². The molecule has 0 bridgehead atoms. The third kappa shape index (κ3) is 3.44. The van der Waals surface area contributed by atoms with Gasteiger partial charge in [0.15, 0.2) is 0 Å². The van der Waals surface area contributed by atoms with Crippen molar-refractivity contribution in [3.05, 3.63) is 31.3 Å². The molecule has 2 aromatic rings. The third-order valence-electron chi connectivity index (χ3n) is 4.04. The molecule has 0 atom stereocenters. The number of nitrogens with one attached hydrogen (secondary N) is 1. The van der Waals surface area contributed by atoms with Crippen molar-refractivity contribution in [2.24, 2.45) is 12.1 Å². The zero-order valence-corrected chi connectivity index (χ0v) is 16.3. The van der Waals surface area contributed by atoms with Crippen LogP contribution in [0.4, 0.5) is 4.79 Å². The predicted octanol–water partition coefficient (Wildman–Crippen LogP) is 2.26. The molecule has 1 N–H and O–H groups in total. The van der Waals surface area contributed by atoms with Crippen LogP contribution in [0.25, 0.3) is 10.2 Å². The summed E-state index contributed by atoms with van der Waals surface area (Å²) in [5, 5.41) is 4.43. The number of rotatable bonds is 3. The van der Waals surface area contributed by atoms with E-state index in [0.29, 0.717) is 15.1 Å². The molecular formula is C17H22N4O4S. The van der Waals surface area contributed by atoms with Gasteiger partial charge in [0.1, 0.15) is 10.4 Å². The molecule has 0 aliphatic heterocycles. The summed E-state index contributed by atoms with van der Waals surface area (Å²) >= 11 is 1.29. The summed E-state index contributed by atoms with van der Waals surface area (Å²) in [6.45, 7) is 7.10. The van der Waals surface area contributed by atoms with Crippen molar-refractivity contribution in [1.82, 2.24) is 14.6 Å². The number of hydrazone groups is 1. The van der Waals surface area contributed by atoms with E-state index in [1.807, 2.05) is 6.92 Å². The molecule has 2 heterocycles. The Balaban J connectivity index is 1.95. The highest BCUT2D eigenvalue weighted by Crippen LogP contribution is 2.33. The van der Waals surface area contributed by atoms with Crippen molar-refractivity contribution < 1.29 is 9.53 Å². The lowest BCUT2D eigenvalue weighted by atomic mass is 10.2. The fraction of sp³-hybridized carbons (Fsp3) is 0.529. The van der Waals surface area contributed by atoms with Crippen molar-refractivity contribution in [2.45, 2.75) is 52.2 Å². The number of nitrogens with zero attached hydrogens (tertiary/aromatic N) is 3. The number of thiophene rings is 1. The SMILES string of the molecule is Cc1c(/C=N/NC(=O)OC(C)(C)C)sc2c1c(=O)n(C1CC1)c(=O)n2C. The maximum Gasteiger partial charge on any atom is 0.428 e. The topological polar surface area (TPSA) is 94.7 Å². The maximum absolute atomic E-state index is 12.8. The van der Waals surface area contributed by atoms with Gasteiger partial charge in [-0.2, -0.15) is 5.10 Å². The molecule has 1 amide bonds. The second-order valence-corrected chi connectivity index (χ2v) is 8.42. The molecule has 0 spiro atoms. The maximum atomic E-state index is 12.8. The summed E-state index contributed by atoms with van der Waals surface area (Å²) in [5.41, 5.74) is 1.89. The summed E-state index contributed by atoms with van der Waals surface area (Å²) in [5.74, 6) is 0. The molecule has 9 heteroatoms. The fourth-order valence-electron chi connectivity index (χ4n) is 2.68. The molecule has 1 aliphatic carbocycles. The van der Waals surface area contributed by atoms with Gasteiger partial charge in [-0.1, -0.05) is 0 Å². The molecule has 2 aromatic heterocycles. The Morgan fingerprint density at radius 3 is 2.58 bits per heavy atom. The highest BCUT2D eigenvalue weighted by Gasteiger charge is 2.29. The van der Waals surface area contributed by atoms with E-state index in [9.17, 15) is 14.4 Å². The Labute approximate surface area is 154 Å². The van der Waals surface area contributed by atoms with Gasteiger partial charge in [0, 0.05) is 13.1 Å². The molecule has 1 aliphatic rings. The average Bonchev–Trinajstić information content (AvgIpc) is 3.28. The van der Waals surface area contributed by atoms with Crippen LogP contribution < -0.4 is 16.7 Å². The van der Waals surface area contributed by atoms with Crippen LogP contribution in [0.3, 0.4) is 0 Å². The van der Waals surface area contributed by atoms with Gasteiger partial charge in [-0.25, -0.2) is 15.0 Å². The number of hydrogen-bond acceptors (Lipinski definition) is 6. The zero-order chi connectivity index (χ0) is 19.2. The first-order chi connectivity index (χ1) is 12.1. The number of amides is 1. The van der Waals surface area contributed by atoms with Crippen LogP contribution in [0.2, 0.25) is 0 Å². The normalized spacial score (nSPS) is 15.0. The molecule has 0 aromatic carbocycles. The van der Waals surface area contributed by atoms with Gasteiger partial charge in [0.2, 0.25) is 0 Å². The molecular weight excluding hydrogens is 356 g/mol. The number of hydrogen-bond donors (Lipinski definition) is 1. The van der Waals surface area contributed by atoms with Crippen molar-refractivity contribution in [2.75, 3.05) is 0 Å². The molecule has 0 radical (unpaired) electrons. The van der Waals surface area contributed by atoms with Crippen molar-refractivity contribution in [1.29, 1.82) is 0 Å². The van der Waals surface area contributed by atoms with Gasteiger partial charge >= 0.3 is 11.8 Å². The lowest BCUT2D eigenvalue weighted by Crippen LogP contribution is -2.38. The fourth-order valence-corrected chi connectivity index (χ4v) is 3.81. The van der Waals surface area contributed by atoms with Crippen LogP contribution in [0.5, 0.6) is 0 Å². The van der Waals surface area contributed by atoms with Crippen LogP contribution in [-0.2, 0) is 11.8 Å². The number of carbonyl (C=O) groups excluding carboxylic acids is 1. The van der Waals surface area contributed by atoms with Gasteiger partial charge in [-0.15, -0.1) is 11.3 Å². The van der Waals surface area contributed by atoms with E-state index in [-0.39, 0.29) is 17.3 Å². The smallest absolute Gasteiger partial charge is 0.428 e. The predicted molar refractivity (Wildman–Crippen MR) is 101 cm³/mol. The zero-order valence-electron chi connectivity index (χ0n) is 15.5. The van der Waals surface area contributed by atoms with Crippen LogP contribution in [0.15, 0.2) is 14.7 Å². The molecule has 8 nitrogen and oxygen atoms in total. The second-order valence-electron chi connectivity index (χ2n) is 7.39. The lowest BCUT2D eigenvalue weighted by Gasteiger charge is -2.18. The van der Waals surface area contributed by atoms with Crippen molar-refractivity contribution in [3.63, 3.8) is 0 Å². The summed E-state index contributed by atoms with van der Waals surface area (Å²) in [6.07, 6.45) is 2.53. The third-order valence-corrected chi connectivity index (χ3v) is 5.35. The minimum absolute atomic E-state index is 0.0100. The first kappa shape index (κ1) is 18.4. The van der Waals surface area contributed by atoms with Gasteiger partial charge in [0.25, 0.3) is 5.56 Å². The summed E-state index contributed by atoms with van der Waals surface area (Å²) in [6, 6.07) is 0.0100. The summed E-state index contributed by atoms with van der Waals surface area (Å²) < 4.78 is 7.96. The molecule has 26 heavy (non-hydrogen) atoms. The van der Waals surface area contributed by atoms with Gasteiger partial charge < -0.3 is 4.74 Å². The van der Waals surface area contributed by atoms with E-state index in [4.69, 9.17) is 4.74 Å². The number of aryl methyl sites for hydroxylation is 2. The molecule has 3 rings (SSSR count). The molecule has 0 unspecified atom stereocenters. The lowest BCUT2D eigenvalue weighted by molar-refractivity contribution is 0.0529. The standard InChI is InChI=1S/C17H22N4O4S/c1-9-11(8-18-19-15(23)25-17(2,3)4)26-14-12(9)13(22)21(10-6-7-10)16(24)20(14)5/h8,10H,6-7H2,1-5H3,(H,19,23)/b18-8+. The molecule has 1 fully saturated rings. The van der Waals surface area contributed by atoms with Crippen molar-refractivity contribution in [3.8, 4) is 0 Å². The minimum Gasteiger partial charge on any atom is -0.443 e. The first-order valence-electron chi connectivity index (χ1n) is 8.37. The number of aromatic nitrogens is 2. The van der Waals surface area contributed by atoms with Crippen LogP contribution in [-0.4, -0.2) is 27.0 Å². The average molecular weight is 378 g/mol. The van der Waals surface area contributed by atoms with E-state index in [2.05, 4.69) is 10.5 Å². The van der Waals surface area contributed by atoms with Gasteiger partial charge in [-0.05, 0) is 46.1 Å². The van der Waals surface area contributed by atoms with Crippen LogP contribution >= 0.6 is 11.3 Å². The number of carbonyl (C=O) groups is 1. The van der Waals surface area contributed by atoms with Gasteiger partial charge in [0.05, 0.1) is 16.5 Å². The van der Waals surface area contributed by atoms with Crippen LogP contribution in [0.1, 0.15) is 50.1 Å².